The molecule has 0 saturated heterocycles. The van der Waals surface area contributed by atoms with E-state index in [0.29, 0.717) is 6.04 Å². The standard InChI is InChI=1S/C18H26N2O/c1-4-20(5-2)17-10-8-16(9-11-17)14-19-15(3)13-18-7-6-12-21-18/h6-12,15,19H,4-5,13-14H2,1-3H3. The summed E-state index contributed by atoms with van der Waals surface area (Å²) in [6.07, 6.45) is 2.65. The third-order valence-corrected chi connectivity index (χ3v) is 3.81. The van der Waals surface area contributed by atoms with Crippen molar-refractivity contribution in [1.82, 2.24) is 5.32 Å². The monoisotopic (exact) mass is 286 g/mol. The van der Waals surface area contributed by atoms with Crippen LogP contribution in [-0.2, 0) is 13.0 Å². The Morgan fingerprint density at radius 3 is 2.38 bits per heavy atom. The molecule has 114 valence electrons. The molecule has 1 N–H and O–H groups in total. The van der Waals surface area contributed by atoms with Crippen LogP contribution in [0.5, 0.6) is 0 Å². The van der Waals surface area contributed by atoms with Gasteiger partial charge in [0.1, 0.15) is 5.76 Å². The van der Waals surface area contributed by atoms with Crippen molar-refractivity contribution >= 4 is 5.69 Å². The van der Waals surface area contributed by atoms with E-state index in [1.165, 1.54) is 11.3 Å². The van der Waals surface area contributed by atoms with E-state index in [1.54, 1.807) is 6.26 Å². The molecule has 21 heavy (non-hydrogen) atoms. The van der Waals surface area contributed by atoms with Crippen LogP contribution in [0.4, 0.5) is 5.69 Å². The predicted octanol–water partition coefficient (Wildman–Crippen LogP) is 3.85. The van der Waals surface area contributed by atoms with E-state index in [-0.39, 0.29) is 0 Å². The van der Waals surface area contributed by atoms with Gasteiger partial charge in [0.2, 0.25) is 0 Å². The fourth-order valence-electron chi connectivity index (χ4n) is 2.51. The van der Waals surface area contributed by atoms with Gasteiger partial charge < -0.3 is 14.6 Å². The molecule has 1 aromatic heterocycles. The van der Waals surface area contributed by atoms with Crippen LogP contribution in [0.3, 0.4) is 0 Å². The van der Waals surface area contributed by atoms with Crippen molar-refractivity contribution < 1.29 is 4.42 Å². The number of hydrogen-bond donors (Lipinski definition) is 1. The summed E-state index contributed by atoms with van der Waals surface area (Å²) in [6, 6.07) is 13.2. The van der Waals surface area contributed by atoms with Crippen LogP contribution in [0.2, 0.25) is 0 Å². The molecule has 3 heteroatoms. The lowest BCUT2D eigenvalue weighted by molar-refractivity contribution is 0.456. The van der Waals surface area contributed by atoms with E-state index in [2.05, 4.69) is 55.3 Å². The van der Waals surface area contributed by atoms with Gasteiger partial charge in [0.25, 0.3) is 0 Å². The first-order valence-electron chi connectivity index (χ1n) is 7.82. The third-order valence-electron chi connectivity index (χ3n) is 3.81. The second-order valence-corrected chi connectivity index (χ2v) is 5.40. The molecule has 0 radical (unpaired) electrons. The van der Waals surface area contributed by atoms with Gasteiger partial charge in [-0.25, -0.2) is 0 Å². The lowest BCUT2D eigenvalue weighted by atomic mass is 10.1. The highest BCUT2D eigenvalue weighted by atomic mass is 16.3. The van der Waals surface area contributed by atoms with Crippen molar-refractivity contribution in [2.75, 3.05) is 18.0 Å². The number of benzene rings is 1. The zero-order chi connectivity index (χ0) is 15.1. The number of hydrogen-bond acceptors (Lipinski definition) is 3. The van der Waals surface area contributed by atoms with Crippen LogP contribution in [0.15, 0.2) is 47.1 Å². The summed E-state index contributed by atoms with van der Waals surface area (Å²) in [5.41, 5.74) is 2.62. The smallest absolute Gasteiger partial charge is 0.105 e. The molecule has 2 aromatic rings. The molecule has 0 aliphatic carbocycles. The van der Waals surface area contributed by atoms with Crippen molar-refractivity contribution in [3.8, 4) is 0 Å². The molecule has 1 atom stereocenters. The minimum atomic E-state index is 0.401. The molecule has 0 aliphatic rings. The Morgan fingerprint density at radius 1 is 1.10 bits per heavy atom. The topological polar surface area (TPSA) is 28.4 Å². The Hall–Kier alpha value is -1.74. The van der Waals surface area contributed by atoms with E-state index < -0.39 is 0 Å². The minimum Gasteiger partial charge on any atom is -0.469 e. The molecular weight excluding hydrogens is 260 g/mol. The van der Waals surface area contributed by atoms with Gasteiger partial charge in [0.15, 0.2) is 0 Å². The summed E-state index contributed by atoms with van der Waals surface area (Å²) in [4.78, 5) is 2.36. The van der Waals surface area contributed by atoms with Crippen LogP contribution < -0.4 is 10.2 Å². The summed E-state index contributed by atoms with van der Waals surface area (Å²) >= 11 is 0. The zero-order valence-electron chi connectivity index (χ0n) is 13.3. The minimum absolute atomic E-state index is 0.401. The number of nitrogens with zero attached hydrogens (tertiary/aromatic N) is 1. The van der Waals surface area contributed by atoms with Crippen molar-refractivity contribution in [3.05, 3.63) is 54.0 Å². The summed E-state index contributed by atoms with van der Waals surface area (Å²) in [5.74, 6) is 1.03. The SMILES string of the molecule is CCN(CC)c1ccc(CNC(C)Cc2ccco2)cc1. The quantitative estimate of drug-likeness (QED) is 0.799. The van der Waals surface area contributed by atoms with Crippen LogP contribution in [0.1, 0.15) is 32.1 Å². The second kappa shape index (κ2) is 7.89. The van der Waals surface area contributed by atoms with Gasteiger partial charge in [0.05, 0.1) is 6.26 Å². The van der Waals surface area contributed by atoms with Crippen LogP contribution in [0, 0.1) is 0 Å². The predicted molar refractivity (Wildman–Crippen MR) is 88.7 cm³/mol. The lowest BCUT2D eigenvalue weighted by Crippen LogP contribution is -2.27. The Balaban J connectivity index is 1.83. The van der Waals surface area contributed by atoms with E-state index in [9.17, 15) is 0 Å². The number of anilines is 1. The zero-order valence-corrected chi connectivity index (χ0v) is 13.3. The van der Waals surface area contributed by atoms with Crippen LogP contribution in [-0.4, -0.2) is 19.1 Å². The highest BCUT2D eigenvalue weighted by molar-refractivity contribution is 5.47. The van der Waals surface area contributed by atoms with Crippen molar-refractivity contribution in [2.45, 2.75) is 39.8 Å². The highest BCUT2D eigenvalue weighted by Crippen LogP contribution is 2.15. The molecule has 3 nitrogen and oxygen atoms in total. The van der Waals surface area contributed by atoms with Crippen molar-refractivity contribution in [1.29, 1.82) is 0 Å². The van der Waals surface area contributed by atoms with Crippen LogP contribution >= 0.6 is 0 Å². The molecule has 0 bridgehead atoms. The average molecular weight is 286 g/mol. The van der Waals surface area contributed by atoms with E-state index in [4.69, 9.17) is 4.42 Å². The molecule has 0 aliphatic heterocycles. The molecule has 0 spiro atoms. The van der Waals surface area contributed by atoms with Gasteiger partial charge in [-0.15, -0.1) is 0 Å². The molecule has 0 amide bonds. The number of furan rings is 1. The maximum atomic E-state index is 5.38. The molecule has 1 heterocycles. The van der Waals surface area contributed by atoms with Gasteiger partial charge in [-0.2, -0.15) is 0 Å². The first-order chi connectivity index (χ1) is 10.2. The lowest BCUT2D eigenvalue weighted by Gasteiger charge is -2.21. The molecule has 2 rings (SSSR count). The summed E-state index contributed by atoms with van der Waals surface area (Å²) in [5, 5.41) is 3.54. The second-order valence-electron chi connectivity index (χ2n) is 5.40. The fourth-order valence-corrected chi connectivity index (χ4v) is 2.51. The Bertz CT molecular complexity index is 501. The van der Waals surface area contributed by atoms with Crippen molar-refractivity contribution in [2.24, 2.45) is 0 Å². The fraction of sp³-hybridized carbons (Fsp3) is 0.444. The number of nitrogens with one attached hydrogen (secondary N) is 1. The average Bonchev–Trinajstić information content (AvgIpc) is 3.00. The maximum Gasteiger partial charge on any atom is 0.105 e. The van der Waals surface area contributed by atoms with Gasteiger partial charge in [-0.05, 0) is 50.6 Å². The Kier molecular flexibility index (Phi) is 5.88. The van der Waals surface area contributed by atoms with Crippen molar-refractivity contribution in [3.63, 3.8) is 0 Å². The first-order valence-corrected chi connectivity index (χ1v) is 7.82. The summed E-state index contributed by atoms with van der Waals surface area (Å²) in [7, 11) is 0. The van der Waals surface area contributed by atoms with Crippen LogP contribution in [0.25, 0.3) is 0 Å². The van der Waals surface area contributed by atoms with E-state index >= 15 is 0 Å². The molecular formula is C18H26N2O. The summed E-state index contributed by atoms with van der Waals surface area (Å²) < 4.78 is 5.38. The van der Waals surface area contributed by atoms with E-state index in [0.717, 1.165) is 31.8 Å². The number of rotatable bonds is 8. The molecule has 1 aromatic carbocycles. The van der Waals surface area contributed by atoms with Gasteiger partial charge in [-0.1, -0.05) is 12.1 Å². The molecule has 0 saturated carbocycles. The first kappa shape index (κ1) is 15.6. The van der Waals surface area contributed by atoms with Gasteiger partial charge >= 0.3 is 0 Å². The molecule has 0 fully saturated rings. The largest absolute Gasteiger partial charge is 0.469 e. The maximum absolute atomic E-state index is 5.38. The third kappa shape index (κ3) is 4.64. The highest BCUT2D eigenvalue weighted by Gasteiger charge is 2.06. The Morgan fingerprint density at radius 2 is 1.81 bits per heavy atom. The summed E-state index contributed by atoms with van der Waals surface area (Å²) in [6.45, 7) is 9.56. The van der Waals surface area contributed by atoms with Gasteiger partial charge in [-0.3, -0.25) is 0 Å². The Labute approximate surface area is 128 Å². The normalized spacial score (nSPS) is 12.3. The van der Waals surface area contributed by atoms with Gasteiger partial charge in [0, 0.05) is 37.8 Å². The molecule has 1 unspecified atom stereocenters. The van der Waals surface area contributed by atoms with E-state index in [1.807, 2.05) is 12.1 Å².